The van der Waals surface area contributed by atoms with Gasteiger partial charge < -0.3 is 5.11 Å². The molecule has 0 aromatic rings. The highest BCUT2D eigenvalue weighted by atomic mass is 19.2. The Morgan fingerprint density at radius 2 is 1.05 bits per heavy atom. The molecule has 0 spiro atoms. The number of carboxylic acid groups (broad SMARTS) is 1. The van der Waals surface area contributed by atoms with Gasteiger partial charge in [-0.05, 0) is 0 Å². The van der Waals surface area contributed by atoms with Crippen molar-refractivity contribution in [3.05, 3.63) is 0 Å². The highest BCUT2D eigenvalue weighted by molar-refractivity contribution is 5.76. The first kappa shape index (κ1) is 19.0. The summed E-state index contributed by atoms with van der Waals surface area (Å²) >= 11 is 0. The standard InChI is InChI=1S/C11H15F7O2/c12-1-9(2-13,3-14)11(6-17,7-18)10(4-15,5-16)8(19)20/h1-7H2,(H,19,20). The van der Waals surface area contributed by atoms with Crippen LogP contribution in [0.1, 0.15) is 0 Å². The second-order valence-corrected chi connectivity index (χ2v) is 4.69. The van der Waals surface area contributed by atoms with Gasteiger partial charge in [-0.15, -0.1) is 0 Å². The van der Waals surface area contributed by atoms with E-state index < -0.39 is 68.9 Å². The fraction of sp³-hybridized carbons (Fsp3) is 0.909. The van der Waals surface area contributed by atoms with Gasteiger partial charge in [0.1, 0.15) is 38.8 Å². The molecule has 0 aliphatic heterocycles. The van der Waals surface area contributed by atoms with Crippen LogP contribution in [0, 0.1) is 16.2 Å². The van der Waals surface area contributed by atoms with Gasteiger partial charge in [-0.1, -0.05) is 0 Å². The summed E-state index contributed by atoms with van der Waals surface area (Å²) in [7, 11) is 0. The molecule has 0 amide bonds. The van der Waals surface area contributed by atoms with E-state index in [4.69, 9.17) is 5.11 Å². The van der Waals surface area contributed by atoms with E-state index in [2.05, 4.69) is 0 Å². The smallest absolute Gasteiger partial charge is 0.315 e. The van der Waals surface area contributed by atoms with E-state index in [1.807, 2.05) is 0 Å². The van der Waals surface area contributed by atoms with Crippen LogP contribution in [-0.2, 0) is 4.79 Å². The number of hydrogen-bond acceptors (Lipinski definition) is 1. The molecular weight excluding hydrogens is 297 g/mol. The Morgan fingerprint density at radius 1 is 0.700 bits per heavy atom. The predicted octanol–water partition coefficient (Wildman–Crippen LogP) is 2.82. The molecule has 0 unspecified atom stereocenters. The molecule has 9 heteroatoms. The van der Waals surface area contributed by atoms with Crippen LogP contribution in [0.15, 0.2) is 0 Å². The summed E-state index contributed by atoms with van der Waals surface area (Å²) in [6.07, 6.45) is 0. The van der Waals surface area contributed by atoms with Crippen LogP contribution < -0.4 is 0 Å². The lowest BCUT2D eigenvalue weighted by atomic mass is 9.53. The number of hydrogen-bond donors (Lipinski definition) is 1. The van der Waals surface area contributed by atoms with Crippen LogP contribution in [0.4, 0.5) is 30.7 Å². The van der Waals surface area contributed by atoms with Gasteiger partial charge in [0.25, 0.3) is 0 Å². The second-order valence-electron chi connectivity index (χ2n) is 4.69. The lowest BCUT2D eigenvalue weighted by Crippen LogP contribution is -2.64. The molecular formula is C11H15F7O2. The van der Waals surface area contributed by atoms with E-state index in [1.54, 1.807) is 0 Å². The molecule has 0 aromatic carbocycles. The fourth-order valence-corrected chi connectivity index (χ4v) is 2.18. The maximum absolute atomic E-state index is 13.3. The topological polar surface area (TPSA) is 37.3 Å². The summed E-state index contributed by atoms with van der Waals surface area (Å²) in [6.45, 7) is -14.5. The molecule has 20 heavy (non-hydrogen) atoms. The highest BCUT2D eigenvalue weighted by Crippen LogP contribution is 2.54. The zero-order chi connectivity index (χ0) is 16.0. The first-order chi connectivity index (χ1) is 9.37. The molecule has 0 saturated carbocycles. The van der Waals surface area contributed by atoms with Gasteiger partial charge in [0.05, 0.1) is 24.2 Å². The Kier molecular flexibility index (Phi) is 6.76. The summed E-state index contributed by atoms with van der Waals surface area (Å²) in [5.74, 6) is -2.32. The van der Waals surface area contributed by atoms with Crippen molar-refractivity contribution in [2.75, 3.05) is 46.7 Å². The predicted molar refractivity (Wildman–Crippen MR) is 56.8 cm³/mol. The summed E-state index contributed by atoms with van der Waals surface area (Å²) in [6, 6.07) is 0. The molecule has 0 fully saturated rings. The van der Waals surface area contributed by atoms with E-state index >= 15 is 0 Å². The minimum Gasteiger partial charge on any atom is -0.481 e. The Bertz CT molecular complexity index is 304. The zero-order valence-corrected chi connectivity index (χ0v) is 10.5. The summed E-state index contributed by atoms with van der Waals surface area (Å²) in [5.41, 5.74) is -9.83. The number of rotatable bonds is 10. The van der Waals surface area contributed by atoms with E-state index in [1.165, 1.54) is 0 Å². The monoisotopic (exact) mass is 312 g/mol. The average molecular weight is 312 g/mol. The summed E-state index contributed by atoms with van der Waals surface area (Å²) < 4.78 is 91.6. The van der Waals surface area contributed by atoms with Crippen molar-refractivity contribution >= 4 is 5.97 Å². The Hall–Kier alpha value is -1.02. The van der Waals surface area contributed by atoms with Crippen molar-refractivity contribution in [3.8, 4) is 0 Å². The summed E-state index contributed by atoms with van der Waals surface area (Å²) in [4.78, 5) is 11.1. The molecule has 0 rings (SSSR count). The van der Waals surface area contributed by atoms with Crippen LogP contribution in [0.5, 0.6) is 0 Å². The number of carbonyl (C=O) groups is 1. The molecule has 120 valence electrons. The largest absolute Gasteiger partial charge is 0.481 e. The number of halogens is 7. The molecule has 1 N–H and O–H groups in total. The van der Waals surface area contributed by atoms with E-state index in [0.717, 1.165) is 0 Å². The van der Waals surface area contributed by atoms with E-state index in [-0.39, 0.29) is 0 Å². The normalized spacial score (nSPS) is 13.6. The van der Waals surface area contributed by atoms with Crippen molar-refractivity contribution in [1.82, 2.24) is 0 Å². The molecule has 0 bridgehead atoms. The lowest BCUT2D eigenvalue weighted by molar-refractivity contribution is -0.193. The fourth-order valence-electron chi connectivity index (χ4n) is 2.18. The zero-order valence-electron chi connectivity index (χ0n) is 10.5. The van der Waals surface area contributed by atoms with Gasteiger partial charge in [-0.3, -0.25) is 26.7 Å². The minimum atomic E-state index is -3.40. The van der Waals surface area contributed by atoms with Crippen LogP contribution in [-0.4, -0.2) is 57.8 Å². The second kappa shape index (κ2) is 7.12. The number of alkyl halides is 7. The average Bonchev–Trinajstić information content (AvgIpc) is 2.48. The molecule has 2 nitrogen and oxygen atoms in total. The third-order valence-corrected chi connectivity index (χ3v) is 4.02. The lowest BCUT2D eigenvalue weighted by Gasteiger charge is -2.51. The number of aliphatic carboxylic acids is 1. The maximum Gasteiger partial charge on any atom is 0.315 e. The molecule has 0 saturated heterocycles. The number of carboxylic acids is 1. The van der Waals surface area contributed by atoms with Crippen LogP contribution in [0.3, 0.4) is 0 Å². The molecule has 0 aliphatic carbocycles. The Labute approximate surface area is 111 Å². The van der Waals surface area contributed by atoms with E-state index in [0.29, 0.717) is 0 Å². The Morgan fingerprint density at radius 3 is 1.20 bits per heavy atom. The third kappa shape index (κ3) is 2.24. The van der Waals surface area contributed by atoms with Gasteiger partial charge in [-0.25, -0.2) is 8.78 Å². The quantitative estimate of drug-likeness (QED) is 0.630. The minimum absolute atomic E-state index is 2.00. The van der Waals surface area contributed by atoms with Crippen molar-refractivity contribution in [1.29, 1.82) is 0 Å². The third-order valence-electron chi connectivity index (χ3n) is 4.02. The van der Waals surface area contributed by atoms with Crippen LogP contribution in [0.2, 0.25) is 0 Å². The van der Waals surface area contributed by atoms with Crippen LogP contribution >= 0.6 is 0 Å². The van der Waals surface area contributed by atoms with Gasteiger partial charge >= 0.3 is 5.97 Å². The molecule has 0 aromatic heterocycles. The van der Waals surface area contributed by atoms with Gasteiger partial charge in [-0.2, -0.15) is 0 Å². The molecule has 0 atom stereocenters. The van der Waals surface area contributed by atoms with Gasteiger partial charge in [0.2, 0.25) is 0 Å². The molecule has 0 radical (unpaired) electrons. The van der Waals surface area contributed by atoms with Crippen molar-refractivity contribution in [3.63, 3.8) is 0 Å². The first-order valence-corrected chi connectivity index (χ1v) is 5.52. The summed E-state index contributed by atoms with van der Waals surface area (Å²) in [5, 5.41) is 8.89. The highest BCUT2D eigenvalue weighted by Gasteiger charge is 2.68. The van der Waals surface area contributed by atoms with Crippen molar-refractivity contribution < 1.29 is 40.6 Å². The Balaban J connectivity index is 6.37. The van der Waals surface area contributed by atoms with Crippen molar-refractivity contribution in [2.24, 2.45) is 16.2 Å². The SMILES string of the molecule is O=C(O)C(CF)(CF)C(CF)(CF)C(CF)(CF)CF. The first-order valence-electron chi connectivity index (χ1n) is 5.52. The van der Waals surface area contributed by atoms with Gasteiger partial charge in [0, 0.05) is 0 Å². The van der Waals surface area contributed by atoms with Gasteiger partial charge in [0.15, 0.2) is 0 Å². The van der Waals surface area contributed by atoms with Crippen molar-refractivity contribution in [2.45, 2.75) is 0 Å². The van der Waals surface area contributed by atoms with Crippen LogP contribution in [0.25, 0.3) is 0 Å². The van der Waals surface area contributed by atoms with E-state index in [9.17, 15) is 35.5 Å². The molecule has 0 heterocycles. The molecule has 0 aliphatic rings. The maximum atomic E-state index is 13.3.